The standard InChI is InChI=1S/C13H12N6OS/c21-13-18-17-12(11-9-4-1-5-10(9)15-16-11)19(13)14-7-8-3-2-6-20-8/h2-3,6-7H,1,4-5H2,(H,15,16)(H,18,21)/b14-7+. The van der Waals surface area contributed by atoms with Gasteiger partial charge in [0.25, 0.3) is 0 Å². The molecule has 106 valence electrons. The molecule has 0 unspecified atom stereocenters. The Balaban J connectivity index is 1.78. The number of furan rings is 1. The fourth-order valence-corrected chi connectivity index (χ4v) is 2.71. The van der Waals surface area contributed by atoms with Gasteiger partial charge in [0.2, 0.25) is 10.6 Å². The molecule has 0 saturated heterocycles. The van der Waals surface area contributed by atoms with Crippen LogP contribution in [0.3, 0.4) is 0 Å². The van der Waals surface area contributed by atoms with Crippen LogP contribution in [0.2, 0.25) is 0 Å². The van der Waals surface area contributed by atoms with Gasteiger partial charge < -0.3 is 4.42 Å². The van der Waals surface area contributed by atoms with Crippen LogP contribution in [0.1, 0.15) is 23.4 Å². The summed E-state index contributed by atoms with van der Waals surface area (Å²) in [6.45, 7) is 0. The quantitative estimate of drug-likeness (QED) is 0.574. The second-order valence-electron chi connectivity index (χ2n) is 4.81. The Kier molecular flexibility index (Phi) is 2.81. The zero-order valence-corrected chi connectivity index (χ0v) is 11.9. The van der Waals surface area contributed by atoms with Crippen LogP contribution >= 0.6 is 12.2 Å². The lowest BCUT2D eigenvalue weighted by Gasteiger charge is -1.98. The number of aryl methyl sites for hydroxylation is 1. The molecule has 1 aliphatic rings. The topological polar surface area (TPSA) is 87.8 Å². The van der Waals surface area contributed by atoms with Crippen molar-refractivity contribution in [2.24, 2.45) is 5.10 Å². The lowest BCUT2D eigenvalue weighted by atomic mass is 10.2. The van der Waals surface area contributed by atoms with E-state index in [0.717, 1.165) is 25.0 Å². The lowest BCUT2D eigenvalue weighted by Crippen LogP contribution is -1.97. The van der Waals surface area contributed by atoms with E-state index in [1.54, 1.807) is 23.2 Å². The fourth-order valence-electron chi connectivity index (χ4n) is 2.54. The minimum atomic E-state index is 0.419. The molecular formula is C13H12N6OS. The van der Waals surface area contributed by atoms with Gasteiger partial charge in [0, 0.05) is 11.3 Å². The maximum absolute atomic E-state index is 5.23. The fraction of sp³-hybridized carbons (Fsp3) is 0.231. The first-order valence-electron chi connectivity index (χ1n) is 6.64. The van der Waals surface area contributed by atoms with Crippen molar-refractivity contribution in [2.75, 3.05) is 0 Å². The lowest BCUT2D eigenvalue weighted by molar-refractivity contribution is 0.559. The molecule has 3 heterocycles. The van der Waals surface area contributed by atoms with E-state index >= 15 is 0 Å². The van der Waals surface area contributed by atoms with Gasteiger partial charge in [-0.2, -0.15) is 20.0 Å². The normalized spacial score (nSPS) is 14.1. The number of rotatable bonds is 3. The number of aromatic nitrogens is 5. The van der Waals surface area contributed by atoms with Gasteiger partial charge in [-0.15, -0.1) is 0 Å². The van der Waals surface area contributed by atoms with Crippen molar-refractivity contribution in [1.29, 1.82) is 0 Å². The molecule has 1 aliphatic carbocycles. The number of nitrogens with one attached hydrogen (secondary N) is 2. The van der Waals surface area contributed by atoms with Crippen LogP contribution in [-0.2, 0) is 12.8 Å². The van der Waals surface area contributed by atoms with Gasteiger partial charge in [-0.25, -0.2) is 5.10 Å². The van der Waals surface area contributed by atoms with Crippen molar-refractivity contribution >= 4 is 18.4 Å². The van der Waals surface area contributed by atoms with E-state index < -0.39 is 0 Å². The largest absolute Gasteiger partial charge is 0.463 e. The SMILES string of the molecule is S=c1[nH]nc(-c2n[nH]c3c2CCC3)n1/N=C/c1ccco1. The molecule has 0 spiro atoms. The third-order valence-electron chi connectivity index (χ3n) is 3.51. The van der Waals surface area contributed by atoms with E-state index in [2.05, 4.69) is 25.5 Å². The van der Waals surface area contributed by atoms with Crippen molar-refractivity contribution in [2.45, 2.75) is 19.3 Å². The number of H-pyrrole nitrogens is 2. The average molecular weight is 300 g/mol. The molecule has 0 aromatic carbocycles. The Morgan fingerprint density at radius 1 is 1.33 bits per heavy atom. The molecule has 3 aromatic heterocycles. The second kappa shape index (κ2) is 4.81. The predicted molar refractivity (Wildman–Crippen MR) is 78.7 cm³/mol. The zero-order chi connectivity index (χ0) is 14.2. The number of hydrogen-bond acceptors (Lipinski definition) is 5. The van der Waals surface area contributed by atoms with E-state index in [0.29, 0.717) is 16.4 Å². The number of fused-ring (bicyclic) bond motifs is 1. The van der Waals surface area contributed by atoms with Crippen molar-refractivity contribution in [3.63, 3.8) is 0 Å². The molecule has 0 bridgehead atoms. The molecule has 7 nitrogen and oxygen atoms in total. The smallest absolute Gasteiger partial charge is 0.216 e. The minimum absolute atomic E-state index is 0.419. The highest BCUT2D eigenvalue weighted by molar-refractivity contribution is 7.71. The molecule has 0 aliphatic heterocycles. The minimum Gasteiger partial charge on any atom is -0.463 e. The summed E-state index contributed by atoms with van der Waals surface area (Å²) < 4.78 is 7.21. The summed E-state index contributed by atoms with van der Waals surface area (Å²) in [5.74, 6) is 1.26. The molecule has 2 N–H and O–H groups in total. The van der Waals surface area contributed by atoms with Crippen LogP contribution in [0.15, 0.2) is 27.9 Å². The first-order valence-corrected chi connectivity index (χ1v) is 7.05. The summed E-state index contributed by atoms with van der Waals surface area (Å²) in [5, 5.41) is 18.8. The van der Waals surface area contributed by atoms with Crippen LogP contribution in [-0.4, -0.2) is 31.3 Å². The van der Waals surface area contributed by atoms with Crippen LogP contribution < -0.4 is 0 Å². The molecule has 21 heavy (non-hydrogen) atoms. The summed E-state index contributed by atoms with van der Waals surface area (Å²) in [4.78, 5) is 0. The first-order chi connectivity index (χ1) is 10.3. The van der Waals surface area contributed by atoms with Gasteiger partial charge in [0.05, 0.1) is 12.5 Å². The highest BCUT2D eigenvalue weighted by Crippen LogP contribution is 2.29. The van der Waals surface area contributed by atoms with Gasteiger partial charge in [-0.3, -0.25) is 5.10 Å². The highest BCUT2D eigenvalue weighted by atomic mass is 32.1. The molecule has 0 fully saturated rings. The Morgan fingerprint density at radius 3 is 3.14 bits per heavy atom. The van der Waals surface area contributed by atoms with E-state index in [1.807, 2.05) is 6.07 Å². The van der Waals surface area contributed by atoms with Gasteiger partial charge in [-0.05, 0) is 43.6 Å². The maximum atomic E-state index is 5.23. The summed E-state index contributed by atoms with van der Waals surface area (Å²) in [7, 11) is 0. The maximum Gasteiger partial charge on any atom is 0.216 e. The van der Waals surface area contributed by atoms with Gasteiger partial charge in [0.15, 0.2) is 0 Å². The van der Waals surface area contributed by atoms with Crippen LogP contribution in [0.5, 0.6) is 0 Å². The second-order valence-corrected chi connectivity index (χ2v) is 5.19. The predicted octanol–water partition coefficient (Wildman–Crippen LogP) is 2.29. The molecule has 0 amide bonds. The monoisotopic (exact) mass is 300 g/mol. The molecular weight excluding hydrogens is 288 g/mol. The molecule has 4 rings (SSSR count). The number of nitrogens with zero attached hydrogens (tertiary/aromatic N) is 4. The number of aromatic amines is 2. The van der Waals surface area contributed by atoms with E-state index in [-0.39, 0.29) is 0 Å². The Labute approximate surface area is 124 Å². The van der Waals surface area contributed by atoms with E-state index in [9.17, 15) is 0 Å². The summed E-state index contributed by atoms with van der Waals surface area (Å²) >= 11 is 5.23. The van der Waals surface area contributed by atoms with Crippen LogP contribution in [0, 0.1) is 4.77 Å². The number of hydrogen-bond donors (Lipinski definition) is 2. The Bertz CT molecular complexity index is 854. The van der Waals surface area contributed by atoms with Gasteiger partial charge in [0.1, 0.15) is 11.5 Å². The van der Waals surface area contributed by atoms with E-state index in [1.165, 1.54) is 11.3 Å². The third-order valence-corrected chi connectivity index (χ3v) is 3.78. The molecule has 0 saturated carbocycles. The van der Waals surface area contributed by atoms with Crippen molar-refractivity contribution in [1.82, 2.24) is 25.1 Å². The van der Waals surface area contributed by atoms with Crippen molar-refractivity contribution < 1.29 is 4.42 Å². The van der Waals surface area contributed by atoms with E-state index in [4.69, 9.17) is 16.6 Å². The van der Waals surface area contributed by atoms with Crippen LogP contribution in [0.4, 0.5) is 0 Å². The zero-order valence-electron chi connectivity index (χ0n) is 11.0. The summed E-state index contributed by atoms with van der Waals surface area (Å²) in [6.07, 6.45) is 6.36. The average Bonchev–Trinajstić information content (AvgIpc) is 3.21. The molecule has 8 heteroatoms. The first kappa shape index (κ1) is 12.3. The molecule has 0 radical (unpaired) electrons. The molecule has 0 atom stereocenters. The summed E-state index contributed by atoms with van der Waals surface area (Å²) in [5.41, 5.74) is 3.20. The van der Waals surface area contributed by atoms with Gasteiger partial charge >= 0.3 is 0 Å². The highest BCUT2D eigenvalue weighted by Gasteiger charge is 2.23. The van der Waals surface area contributed by atoms with Crippen molar-refractivity contribution in [3.8, 4) is 11.5 Å². The van der Waals surface area contributed by atoms with Crippen molar-refractivity contribution in [3.05, 3.63) is 40.2 Å². The molecule has 3 aromatic rings. The Morgan fingerprint density at radius 2 is 2.29 bits per heavy atom. The van der Waals surface area contributed by atoms with Gasteiger partial charge in [-0.1, -0.05) is 0 Å². The Hall–Kier alpha value is -2.48. The van der Waals surface area contributed by atoms with Crippen LogP contribution in [0.25, 0.3) is 11.5 Å². The third kappa shape index (κ3) is 2.04. The summed E-state index contributed by atoms with van der Waals surface area (Å²) in [6, 6.07) is 3.62.